The summed E-state index contributed by atoms with van der Waals surface area (Å²) in [5, 5.41) is 0. The molecule has 8 heteroatoms. The molecule has 0 aliphatic carbocycles. The van der Waals surface area contributed by atoms with Crippen molar-refractivity contribution in [3.8, 4) is 11.8 Å². The molecule has 0 radical (unpaired) electrons. The van der Waals surface area contributed by atoms with Gasteiger partial charge in [-0.1, -0.05) is 11.8 Å². The second kappa shape index (κ2) is 4.42. The van der Waals surface area contributed by atoms with Gasteiger partial charge < -0.3 is 9.97 Å². The molecule has 0 aromatic carbocycles. The third-order valence-electron chi connectivity index (χ3n) is 1.97. The Morgan fingerprint density at radius 1 is 0.722 bits per heavy atom. The van der Waals surface area contributed by atoms with Crippen LogP contribution < -0.4 is 22.5 Å². The molecule has 2 aromatic heterocycles. The van der Waals surface area contributed by atoms with E-state index in [2.05, 4.69) is 21.8 Å². The first-order chi connectivity index (χ1) is 8.56. The molecular formula is C10H6N4O4. The van der Waals surface area contributed by atoms with Crippen molar-refractivity contribution in [2.24, 2.45) is 0 Å². The van der Waals surface area contributed by atoms with Crippen molar-refractivity contribution >= 4 is 0 Å². The summed E-state index contributed by atoms with van der Waals surface area (Å²) in [4.78, 5) is 52.5. The van der Waals surface area contributed by atoms with Crippen LogP contribution in [0, 0.1) is 11.8 Å². The zero-order valence-corrected chi connectivity index (χ0v) is 8.79. The van der Waals surface area contributed by atoms with Crippen molar-refractivity contribution in [2.45, 2.75) is 0 Å². The van der Waals surface area contributed by atoms with Gasteiger partial charge in [-0.15, -0.1) is 0 Å². The van der Waals surface area contributed by atoms with Gasteiger partial charge in [0.1, 0.15) is 11.1 Å². The van der Waals surface area contributed by atoms with Crippen molar-refractivity contribution in [1.82, 2.24) is 19.9 Å². The van der Waals surface area contributed by atoms with E-state index in [1.807, 2.05) is 9.97 Å². The molecular weight excluding hydrogens is 240 g/mol. The molecule has 0 atom stereocenters. The molecule has 0 saturated carbocycles. The van der Waals surface area contributed by atoms with E-state index in [-0.39, 0.29) is 11.1 Å². The third-order valence-corrected chi connectivity index (χ3v) is 1.97. The van der Waals surface area contributed by atoms with E-state index in [4.69, 9.17) is 0 Å². The Kier molecular flexibility index (Phi) is 2.80. The number of nitrogens with one attached hydrogen (secondary N) is 4. The Balaban J connectivity index is 2.50. The molecule has 0 aliphatic rings. The van der Waals surface area contributed by atoms with Crippen LogP contribution in [-0.4, -0.2) is 19.9 Å². The highest BCUT2D eigenvalue weighted by Gasteiger charge is 1.97. The molecule has 0 fully saturated rings. The van der Waals surface area contributed by atoms with Crippen LogP contribution in [0.5, 0.6) is 0 Å². The van der Waals surface area contributed by atoms with E-state index in [0.717, 1.165) is 12.4 Å². The molecule has 2 rings (SSSR count). The molecule has 0 bridgehead atoms. The normalized spacial score (nSPS) is 9.56. The molecule has 0 saturated heterocycles. The Bertz CT molecular complexity index is 800. The maximum atomic E-state index is 11.3. The molecule has 4 N–H and O–H groups in total. The Morgan fingerprint density at radius 2 is 1.11 bits per heavy atom. The predicted molar refractivity (Wildman–Crippen MR) is 61.3 cm³/mol. The molecule has 0 aliphatic heterocycles. The van der Waals surface area contributed by atoms with Crippen LogP contribution in [0.4, 0.5) is 0 Å². The Labute approximate surface area is 97.7 Å². The van der Waals surface area contributed by atoms with E-state index in [1.54, 1.807) is 0 Å². The minimum atomic E-state index is -0.660. The maximum absolute atomic E-state index is 11.3. The summed E-state index contributed by atoms with van der Waals surface area (Å²) >= 11 is 0. The zero-order valence-electron chi connectivity index (χ0n) is 8.79. The first kappa shape index (κ1) is 11.4. The van der Waals surface area contributed by atoms with E-state index >= 15 is 0 Å². The van der Waals surface area contributed by atoms with Gasteiger partial charge in [0, 0.05) is 12.4 Å². The van der Waals surface area contributed by atoms with Crippen LogP contribution in [0.3, 0.4) is 0 Å². The minimum absolute atomic E-state index is 0.000185. The fourth-order valence-electron chi connectivity index (χ4n) is 1.14. The van der Waals surface area contributed by atoms with Gasteiger partial charge in [-0.2, -0.15) is 0 Å². The van der Waals surface area contributed by atoms with E-state index < -0.39 is 22.5 Å². The molecule has 0 amide bonds. The summed E-state index contributed by atoms with van der Waals surface area (Å²) in [5.74, 6) is 4.82. The second-order valence-electron chi connectivity index (χ2n) is 3.22. The largest absolute Gasteiger partial charge is 0.325 e. The molecule has 0 unspecified atom stereocenters. The van der Waals surface area contributed by atoms with Gasteiger partial charge in [-0.05, 0) is 0 Å². The van der Waals surface area contributed by atoms with E-state index in [9.17, 15) is 19.2 Å². The Hall–Kier alpha value is -3.08. The SMILES string of the molecule is O=c1[nH]cc(C#Cc2c[nH]c(=O)[nH]c2=O)c(=O)[nH]1. The lowest BCUT2D eigenvalue weighted by atomic mass is 10.3. The molecule has 8 nitrogen and oxygen atoms in total. The van der Waals surface area contributed by atoms with Crippen molar-refractivity contribution in [3.05, 3.63) is 65.2 Å². The van der Waals surface area contributed by atoms with Crippen molar-refractivity contribution < 1.29 is 0 Å². The summed E-state index contributed by atoms with van der Waals surface area (Å²) in [6.45, 7) is 0. The topological polar surface area (TPSA) is 131 Å². The quantitative estimate of drug-likeness (QED) is 0.394. The lowest BCUT2D eigenvalue weighted by molar-refractivity contribution is 1.02. The van der Waals surface area contributed by atoms with Crippen LogP contribution in [0.25, 0.3) is 0 Å². The highest BCUT2D eigenvalue weighted by Crippen LogP contribution is 1.83. The summed E-state index contributed by atoms with van der Waals surface area (Å²) in [5.41, 5.74) is -2.61. The highest BCUT2D eigenvalue weighted by molar-refractivity contribution is 5.38. The summed E-state index contributed by atoms with van der Waals surface area (Å²) in [6, 6.07) is 0. The minimum Gasteiger partial charge on any atom is -0.313 e. The van der Waals surface area contributed by atoms with Crippen molar-refractivity contribution in [2.75, 3.05) is 0 Å². The Morgan fingerprint density at radius 3 is 1.44 bits per heavy atom. The fraction of sp³-hybridized carbons (Fsp3) is 0. The average molecular weight is 246 g/mol. The van der Waals surface area contributed by atoms with Gasteiger partial charge in [0.15, 0.2) is 0 Å². The summed E-state index contributed by atoms with van der Waals surface area (Å²) in [7, 11) is 0. The number of hydrogen-bond donors (Lipinski definition) is 4. The zero-order chi connectivity index (χ0) is 13.1. The standard InChI is InChI=1S/C10H6N4O4/c15-7-5(3-11-9(17)13-7)1-2-6-4-12-10(18)14-8(6)16/h3-4H,(H2,11,13,15,17)(H2,12,14,16,18). The maximum Gasteiger partial charge on any atom is 0.325 e. The predicted octanol–water partition coefficient (Wildman–Crippen LogP) is -2.16. The number of hydrogen-bond acceptors (Lipinski definition) is 4. The number of aromatic amines is 4. The average Bonchev–Trinajstić information content (AvgIpc) is 2.30. The molecule has 2 aromatic rings. The van der Waals surface area contributed by atoms with Crippen LogP contribution in [0.2, 0.25) is 0 Å². The van der Waals surface area contributed by atoms with Crippen LogP contribution in [0.15, 0.2) is 31.6 Å². The number of aromatic nitrogens is 4. The second-order valence-corrected chi connectivity index (χ2v) is 3.22. The van der Waals surface area contributed by atoms with Crippen molar-refractivity contribution in [3.63, 3.8) is 0 Å². The lowest BCUT2D eigenvalue weighted by Crippen LogP contribution is -2.24. The fourth-order valence-corrected chi connectivity index (χ4v) is 1.14. The van der Waals surface area contributed by atoms with Gasteiger partial charge in [-0.3, -0.25) is 19.6 Å². The van der Waals surface area contributed by atoms with E-state index in [0.29, 0.717) is 0 Å². The third kappa shape index (κ3) is 2.35. The van der Waals surface area contributed by atoms with Gasteiger partial charge in [-0.25, -0.2) is 9.59 Å². The van der Waals surface area contributed by atoms with Crippen LogP contribution in [-0.2, 0) is 0 Å². The van der Waals surface area contributed by atoms with Gasteiger partial charge in [0.2, 0.25) is 0 Å². The number of H-pyrrole nitrogens is 4. The van der Waals surface area contributed by atoms with Crippen LogP contribution in [0.1, 0.15) is 11.1 Å². The molecule has 2 heterocycles. The number of rotatable bonds is 0. The van der Waals surface area contributed by atoms with Crippen LogP contribution >= 0.6 is 0 Å². The smallest absolute Gasteiger partial charge is 0.313 e. The first-order valence-corrected chi connectivity index (χ1v) is 4.72. The molecule has 90 valence electrons. The highest BCUT2D eigenvalue weighted by atomic mass is 16.2. The van der Waals surface area contributed by atoms with Gasteiger partial charge in [0.25, 0.3) is 11.1 Å². The molecule has 0 spiro atoms. The first-order valence-electron chi connectivity index (χ1n) is 4.72. The monoisotopic (exact) mass is 246 g/mol. The van der Waals surface area contributed by atoms with Gasteiger partial charge in [0.05, 0.1) is 0 Å². The van der Waals surface area contributed by atoms with Gasteiger partial charge >= 0.3 is 11.4 Å². The molecule has 18 heavy (non-hydrogen) atoms. The van der Waals surface area contributed by atoms with E-state index in [1.165, 1.54) is 0 Å². The lowest BCUT2D eigenvalue weighted by Gasteiger charge is -1.88. The summed E-state index contributed by atoms with van der Waals surface area (Å²) in [6.07, 6.45) is 2.27. The summed E-state index contributed by atoms with van der Waals surface area (Å²) < 4.78 is 0. The van der Waals surface area contributed by atoms with Crippen molar-refractivity contribution in [1.29, 1.82) is 0 Å².